The maximum atomic E-state index is 10.1. The first-order valence-corrected chi connectivity index (χ1v) is 11.3. The molecule has 0 amide bonds. The summed E-state index contributed by atoms with van der Waals surface area (Å²) in [6, 6.07) is 0. The Hall–Kier alpha value is -0.200. The second kappa shape index (κ2) is 6.65. The molecule has 4 rings (SSSR count). The van der Waals surface area contributed by atoms with Gasteiger partial charge in [0.15, 0.2) is 5.79 Å². The van der Waals surface area contributed by atoms with E-state index in [2.05, 4.69) is 20.8 Å². The molecule has 4 aliphatic rings. The number of hydrogen-bond donors (Lipinski definition) is 2. The summed E-state index contributed by atoms with van der Waals surface area (Å²) in [6.07, 6.45) is 6.95. The molecule has 28 heavy (non-hydrogen) atoms. The Morgan fingerprint density at radius 2 is 1.71 bits per heavy atom. The van der Waals surface area contributed by atoms with Crippen LogP contribution in [0, 0.1) is 22.7 Å². The van der Waals surface area contributed by atoms with E-state index in [0.717, 1.165) is 38.7 Å². The molecule has 0 aromatic rings. The molecule has 2 heterocycles. The van der Waals surface area contributed by atoms with Crippen molar-refractivity contribution in [1.82, 2.24) is 0 Å². The SMILES string of the molecule is C[C@@H]1CCC2[C@]3(C)COC(C)(C)O[C@H]3CC[C@]2(C)[C@@]12CC[C@@](CO)(CCO)O2. The van der Waals surface area contributed by atoms with Crippen LogP contribution in [0.2, 0.25) is 0 Å². The lowest BCUT2D eigenvalue weighted by atomic mass is 9.43. The smallest absolute Gasteiger partial charge is 0.163 e. The number of rotatable bonds is 3. The number of aliphatic hydroxyl groups excluding tert-OH is 2. The van der Waals surface area contributed by atoms with Gasteiger partial charge in [-0.15, -0.1) is 0 Å². The molecule has 162 valence electrons. The molecule has 2 N–H and O–H groups in total. The molecule has 0 aromatic carbocycles. The van der Waals surface area contributed by atoms with Gasteiger partial charge in [-0.1, -0.05) is 20.8 Å². The summed E-state index contributed by atoms with van der Waals surface area (Å²) < 4.78 is 19.5. The minimum atomic E-state index is -0.590. The Morgan fingerprint density at radius 3 is 2.39 bits per heavy atom. The van der Waals surface area contributed by atoms with Crippen LogP contribution in [0.1, 0.15) is 79.6 Å². The van der Waals surface area contributed by atoms with Crippen LogP contribution in [0.25, 0.3) is 0 Å². The monoisotopic (exact) mass is 396 g/mol. The second-order valence-corrected chi connectivity index (χ2v) is 11.1. The Kier molecular flexibility index (Phi) is 5.00. The van der Waals surface area contributed by atoms with Gasteiger partial charge in [0.05, 0.1) is 30.5 Å². The average molecular weight is 397 g/mol. The molecule has 2 saturated heterocycles. The van der Waals surface area contributed by atoms with Crippen molar-refractivity contribution < 1.29 is 24.4 Å². The lowest BCUT2D eigenvalue weighted by Crippen LogP contribution is -2.69. The van der Waals surface area contributed by atoms with Gasteiger partial charge >= 0.3 is 0 Å². The summed E-state index contributed by atoms with van der Waals surface area (Å²) in [5, 5.41) is 19.7. The fraction of sp³-hybridized carbons (Fsp3) is 1.00. The van der Waals surface area contributed by atoms with E-state index in [1.807, 2.05) is 13.8 Å². The Bertz CT molecular complexity index is 608. The zero-order chi connectivity index (χ0) is 20.4. The van der Waals surface area contributed by atoms with E-state index in [4.69, 9.17) is 14.2 Å². The van der Waals surface area contributed by atoms with Crippen LogP contribution in [-0.4, -0.2) is 53.1 Å². The molecule has 5 heteroatoms. The zero-order valence-electron chi connectivity index (χ0n) is 18.4. The van der Waals surface area contributed by atoms with Crippen LogP contribution < -0.4 is 0 Å². The Morgan fingerprint density at radius 1 is 0.964 bits per heavy atom. The third-order valence-corrected chi connectivity index (χ3v) is 9.24. The van der Waals surface area contributed by atoms with E-state index in [-0.39, 0.29) is 35.7 Å². The lowest BCUT2D eigenvalue weighted by Gasteiger charge is -2.67. The third-order valence-electron chi connectivity index (χ3n) is 9.24. The van der Waals surface area contributed by atoms with Crippen molar-refractivity contribution in [2.45, 2.75) is 103 Å². The Labute approximate surface area is 170 Å². The van der Waals surface area contributed by atoms with E-state index >= 15 is 0 Å². The topological polar surface area (TPSA) is 68.2 Å². The van der Waals surface area contributed by atoms with Crippen molar-refractivity contribution in [3.63, 3.8) is 0 Å². The molecule has 0 bridgehead atoms. The standard InChI is InChI=1S/C23H40O5/c1-16-6-7-17-20(4)15-26-19(2,3)27-18(20)8-9-21(17,5)23(16)11-10-22(14-25,28-23)12-13-24/h16-18,24-25H,6-15H2,1-5H3/t16-,17?,18+,20+,21+,22+,23-/m1/s1. The van der Waals surface area contributed by atoms with Crippen LogP contribution in [0.15, 0.2) is 0 Å². The highest BCUT2D eigenvalue weighted by Crippen LogP contribution is 2.69. The average Bonchev–Trinajstić information content (AvgIpc) is 3.03. The molecule has 4 fully saturated rings. The summed E-state index contributed by atoms with van der Waals surface area (Å²) in [6.45, 7) is 12.0. The van der Waals surface area contributed by atoms with Crippen LogP contribution >= 0.6 is 0 Å². The zero-order valence-corrected chi connectivity index (χ0v) is 18.4. The predicted octanol–water partition coefficient (Wildman–Crippen LogP) is 3.65. The van der Waals surface area contributed by atoms with E-state index in [1.54, 1.807) is 0 Å². The molecule has 0 aromatic heterocycles. The molecule has 2 aliphatic heterocycles. The molecule has 0 radical (unpaired) electrons. The number of ether oxygens (including phenoxy) is 3. The van der Waals surface area contributed by atoms with Gasteiger partial charge in [0.25, 0.3) is 0 Å². The minimum Gasteiger partial charge on any atom is -0.396 e. The number of fused-ring (bicyclic) bond motifs is 4. The summed E-state index contributed by atoms with van der Waals surface area (Å²) in [5.41, 5.74) is -0.820. The molecule has 2 saturated carbocycles. The van der Waals surface area contributed by atoms with Gasteiger partial charge in [-0.05, 0) is 64.2 Å². The Balaban J connectivity index is 1.70. The van der Waals surface area contributed by atoms with E-state index in [9.17, 15) is 10.2 Å². The molecule has 5 nitrogen and oxygen atoms in total. The minimum absolute atomic E-state index is 0.0108. The van der Waals surface area contributed by atoms with Crippen molar-refractivity contribution in [2.75, 3.05) is 19.8 Å². The third kappa shape index (κ3) is 2.76. The number of hydrogen-bond acceptors (Lipinski definition) is 5. The number of aliphatic hydroxyl groups is 2. The van der Waals surface area contributed by atoms with Crippen molar-refractivity contribution in [1.29, 1.82) is 0 Å². The highest BCUT2D eigenvalue weighted by Gasteiger charge is 2.70. The molecule has 1 spiro atoms. The fourth-order valence-electron chi connectivity index (χ4n) is 7.57. The summed E-state index contributed by atoms with van der Waals surface area (Å²) in [4.78, 5) is 0. The van der Waals surface area contributed by atoms with Crippen molar-refractivity contribution >= 4 is 0 Å². The first-order chi connectivity index (χ1) is 13.1. The molecular formula is C23H40O5. The van der Waals surface area contributed by atoms with Gasteiger partial charge in [-0.25, -0.2) is 0 Å². The summed E-state index contributed by atoms with van der Waals surface area (Å²) in [7, 11) is 0. The van der Waals surface area contributed by atoms with Crippen molar-refractivity contribution in [3.05, 3.63) is 0 Å². The predicted molar refractivity (Wildman–Crippen MR) is 107 cm³/mol. The van der Waals surface area contributed by atoms with Gasteiger partial charge < -0.3 is 24.4 Å². The normalized spacial score (nSPS) is 53.0. The van der Waals surface area contributed by atoms with Crippen LogP contribution in [0.3, 0.4) is 0 Å². The largest absolute Gasteiger partial charge is 0.396 e. The highest BCUT2D eigenvalue weighted by atomic mass is 16.7. The quantitative estimate of drug-likeness (QED) is 0.762. The van der Waals surface area contributed by atoms with Crippen LogP contribution in [0.4, 0.5) is 0 Å². The molecule has 1 unspecified atom stereocenters. The van der Waals surface area contributed by atoms with E-state index in [1.165, 1.54) is 6.42 Å². The maximum absolute atomic E-state index is 10.1. The van der Waals surface area contributed by atoms with Gasteiger partial charge in [-0.2, -0.15) is 0 Å². The first-order valence-electron chi connectivity index (χ1n) is 11.3. The summed E-state index contributed by atoms with van der Waals surface area (Å²) >= 11 is 0. The van der Waals surface area contributed by atoms with Crippen molar-refractivity contribution in [3.8, 4) is 0 Å². The van der Waals surface area contributed by atoms with E-state index in [0.29, 0.717) is 18.3 Å². The fourth-order valence-corrected chi connectivity index (χ4v) is 7.57. The summed E-state index contributed by atoms with van der Waals surface area (Å²) in [5.74, 6) is 0.409. The van der Waals surface area contributed by atoms with Gasteiger partial charge in [0.1, 0.15) is 0 Å². The van der Waals surface area contributed by atoms with Crippen LogP contribution in [0.5, 0.6) is 0 Å². The van der Waals surface area contributed by atoms with Crippen molar-refractivity contribution in [2.24, 2.45) is 22.7 Å². The van der Waals surface area contributed by atoms with E-state index < -0.39 is 11.4 Å². The van der Waals surface area contributed by atoms with Gasteiger partial charge in [0, 0.05) is 23.9 Å². The second-order valence-electron chi connectivity index (χ2n) is 11.1. The highest BCUT2D eigenvalue weighted by molar-refractivity contribution is 5.18. The van der Waals surface area contributed by atoms with Crippen LogP contribution in [-0.2, 0) is 14.2 Å². The first kappa shape index (κ1) is 21.0. The molecule has 2 aliphatic carbocycles. The molecule has 7 atom stereocenters. The lowest BCUT2D eigenvalue weighted by molar-refractivity contribution is -0.359. The van der Waals surface area contributed by atoms with Gasteiger partial charge in [0.2, 0.25) is 0 Å². The molecular weight excluding hydrogens is 356 g/mol. The maximum Gasteiger partial charge on any atom is 0.163 e. The van der Waals surface area contributed by atoms with Gasteiger partial charge in [-0.3, -0.25) is 0 Å².